The van der Waals surface area contributed by atoms with Crippen LogP contribution >= 0.6 is 31.9 Å². The number of rotatable bonds is 7. The normalized spacial score (nSPS) is 11.5. The third-order valence-corrected chi connectivity index (χ3v) is 4.31. The molecule has 0 amide bonds. The highest BCUT2D eigenvalue weighted by atomic mass is 79.9. The minimum atomic E-state index is -0.194. The fourth-order valence-electron chi connectivity index (χ4n) is 2.17. The summed E-state index contributed by atoms with van der Waals surface area (Å²) in [4.78, 5) is 2.45. The molecule has 1 aromatic rings. The van der Waals surface area contributed by atoms with Crippen molar-refractivity contribution in [2.24, 2.45) is 0 Å². The second-order valence-corrected chi connectivity index (χ2v) is 6.01. The summed E-state index contributed by atoms with van der Waals surface area (Å²) >= 11 is 6.95. The van der Waals surface area contributed by atoms with E-state index >= 15 is 0 Å². The molecule has 0 aliphatic carbocycles. The van der Waals surface area contributed by atoms with Crippen LogP contribution in [0.4, 0.5) is 4.39 Å². The van der Waals surface area contributed by atoms with E-state index in [2.05, 4.69) is 50.6 Å². The molecule has 102 valence electrons. The van der Waals surface area contributed by atoms with E-state index in [0.717, 1.165) is 41.3 Å². The molecular weight excluding hydrogens is 361 g/mol. The minimum absolute atomic E-state index is 0.194. The summed E-state index contributed by atoms with van der Waals surface area (Å²) in [6.07, 6.45) is 2.28. The number of hydrogen-bond acceptors (Lipinski definition) is 1. The van der Waals surface area contributed by atoms with E-state index in [1.54, 1.807) is 0 Å². The molecule has 0 aliphatic heterocycles. The zero-order valence-corrected chi connectivity index (χ0v) is 14.1. The van der Waals surface area contributed by atoms with Gasteiger partial charge in [0.15, 0.2) is 0 Å². The lowest BCUT2D eigenvalue weighted by molar-refractivity contribution is 0.189. The molecule has 18 heavy (non-hydrogen) atoms. The molecular formula is C14H20Br2FN. The first-order chi connectivity index (χ1) is 8.62. The van der Waals surface area contributed by atoms with Crippen molar-refractivity contribution in [1.29, 1.82) is 0 Å². The van der Waals surface area contributed by atoms with Gasteiger partial charge in [0.05, 0.1) is 0 Å². The van der Waals surface area contributed by atoms with Gasteiger partial charge in [0, 0.05) is 28.9 Å². The Bertz CT molecular complexity index is 367. The lowest BCUT2D eigenvalue weighted by Crippen LogP contribution is -2.35. The average molecular weight is 381 g/mol. The summed E-state index contributed by atoms with van der Waals surface area (Å²) in [6, 6.07) is 5.51. The van der Waals surface area contributed by atoms with Crippen molar-refractivity contribution in [2.45, 2.75) is 39.3 Å². The highest BCUT2D eigenvalue weighted by Crippen LogP contribution is 2.22. The number of benzene rings is 1. The Balaban J connectivity index is 2.82. The molecule has 0 N–H and O–H groups in total. The first-order valence-electron chi connectivity index (χ1n) is 6.36. The monoisotopic (exact) mass is 379 g/mol. The van der Waals surface area contributed by atoms with Gasteiger partial charge in [0.1, 0.15) is 5.82 Å². The van der Waals surface area contributed by atoms with Crippen molar-refractivity contribution in [3.8, 4) is 0 Å². The van der Waals surface area contributed by atoms with Gasteiger partial charge < -0.3 is 0 Å². The third kappa shape index (κ3) is 4.63. The maximum Gasteiger partial charge on any atom is 0.124 e. The smallest absolute Gasteiger partial charge is 0.124 e. The molecule has 0 saturated heterocycles. The van der Waals surface area contributed by atoms with E-state index in [-0.39, 0.29) is 5.82 Å². The van der Waals surface area contributed by atoms with Crippen LogP contribution < -0.4 is 0 Å². The third-order valence-electron chi connectivity index (χ3n) is 3.22. The second-order valence-electron chi connectivity index (χ2n) is 4.37. The Morgan fingerprint density at radius 1 is 1.28 bits per heavy atom. The largest absolute Gasteiger partial charge is 0.295 e. The predicted octanol–water partition coefficient (Wildman–Crippen LogP) is 4.97. The van der Waals surface area contributed by atoms with Crippen molar-refractivity contribution >= 4 is 31.9 Å². The van der Waals surface area contributed by atoms with Crippen molar-refractivity contribution in [2.75, 3.05) is 11.9 Å². The molecule has 0 aromatic heterocycles. The molecule has 0 atom stereocenters. The molecule has 0 radical (unpaired) electrons. The molecule has 0 aliphatic rings. The Morgan fingerprint density at radius 2 is 1.94 bits per heavy atom. The summed E-state index contributed by atoms with van der Waals surface area (Å²) < 4.78 is 13.9. The highest BCUT2D eigenvalue weighted by molar-refractivity contribution is 9.10. The van der Waals surface area contributed by atoms with Crippen molar-refractivity contribution in [3.05, 3.63) is 34.1 Å². The maximum atomic E-state index is 13.1. The molecule has 1 aromatic carbocycles. The fraction of sp³-hybridized carbons (Fsp3) is 0.571. The molecule has 0 bridgehead atoms. The van der Waals surface area contributed by atoms with Gasteiger partial charge in [-0.1, -0.05) is 51.8 Å². The van der Waals surface area contributed by atoms with Gasteiger partial charge in [-0.05, 0) is 30.5 Å². The quantitative estimate of drug-likeness (QED) is 0.603. The van der Waals surface area contributed by atoms with Crippen LogP contribution in [0.2, 0.25) is 0 Å². The van der Waals surface area contributed by atoms with E-state index in [1.807, 2.05) is 6.07 Å². The Hall–Kier alpha value is 0.0700. The van der Waals surface area contributed by atoms with Gasteiger partial charge in [0.25, 0.3) is 0 Å². The minimum Gasteiger partial charge on any atom is -0.295 e. The zero-order valence-electron chi connectivity index (χ0n) is 10.9. The molecule has 4 heteroatoms. The molecule has 1 nitrogen and oxygen atoms in total. The molecule has 0 heterocycles. The molecule has 1 rings (SSSR count). The number of alkyl halides is 1. The van der Waals surface area contributed by atoms with Crippen LogP contribution in [0.1, 0.15) is 32.3 Å². The van der Waals surface area contributed by atoms with Crippen molar-refractivity contribution < 1.29 is 4.39 Å². The average Bonchev–Trinajstić information content (AvgIpc) is 2.34. The van der Waals surface area contributed by atoms with E-state index < -0.39 is 0 Å². The van der Waals surface area contributed by atoms with E-state index in [9.17, 15) is 4.39 Å². The summed E-state index contributed by atoms with van der Waals surface area (Å²) in [5, 5.41) is 0.961. The van der Waals surface area contributed by atoms with Crippen LogP contribution in [0.5, 0.6) is 0 Å². The Labute approximate surface area is 126 Å². The number of hydrogen-bond donors (Lipinski definition) is 0. The number of halogens is 3. The topological polar surface area (TPSA) is 3.24 Å². The van der Waals surface area contributed by atoms with Crippen LogP contribution in [0.15, 0.2) is 22.7 Å². The zero-order chi connectivity index (χ0) is 13.5. The van der Waals surface area contributed by atoms with Crippen LogP contribution in [0.3, 0.4) is 0 Å². The molecule has 0 fully saturated rings. The lowest BCUT2D eigenvalue weighted by atomic mass is 10.1. The fourth-order valence-corrected chi connectivity index (χ4v) is 3.10. The first kappa shape index (κ1) is 16.1. The van der Waals surface area contributed by atoms with Crippen molar-refractivity contribution in [3.63, 3.8) is 0 Å². The SMILES string of the molecule is CCC(CC)N(CCBr)Cc1ccc(F)cc1Br. The van der Waals surface area contributed by atoms with Crippen LogP contribution in [-0.4, -0.2) is 22.8 Å². The van der Waals surface area contributed by atoms with Crippen LogP contribution in [0, 0.1) is 5.82 Å². The van der Waals surface area contributed by atoms with Gasteiger partial charge in [-0.25, -0.2) is 4.39 Å². The van der Waals surface area contributed by atoms with E-state index in [4.69, 9.17) is 0 Å². The van der Waals surface area contributed by atoms with Crippen LogP contribution in [-0.2, 0) is 6.54 Å². The molecule has 0 saturated carbocycles. The molecule has 0 unspecified atom stereocenters. The van der Waals surface area contributed by atoms with Crippen LogP contribution in [0.25, 0.3) is 0 Å². The Kier molecular flexibility index (Phi) is 7.42. The molecule has 0 spiro atoms. The summed E-state index contributed by atoms with van der Waals surface area (Å²) in [6.45, 7) is 6.30. The predicted molar refractivity (Wildman–Crippen MR) is 82.7 cm³/mol. The van der Waals surface area contributed by atoms with Gasteiger partial charge >= 0.3 is 0 Å². The standard InChI is InChI=1S/C14H20Br2FN/c1-3-13(4-2)18(8-7-15)10-11-5-6-12(17)9-14(11)16/h5-6,9,13H,3-4,7-8,10H2,1-2H3. The van der Waals surface area contributed by atoms with Gasteiger partial charge in [0.2, 0.25) is 0 Å². The summed E-state index contributed by atoms with van der Waals surface area (Å²) in [5.74, 6) is -0.194. The first-order valence-corrected chi connectivity index (χ1v) is 8.27. The summed E-state index contributed by atoms with van der Waals surface area (Å²) in [5.41, 5.74) is 1.14. The number of nitrogens with zero attached hydrogens (tertiary/aromatic N) is 1. The van der Waals surface area contributed by atoms with Gasteiger partial charge in [-0.2, -0.15) is 0 Å². The van der Waals surface area contributed by atoms with Gasteiger partial charge in [-0.3, -0.25) is 4.90 Å². The highest BCUT2D eigenvalue weighted by Gasteiger charge is 2.16. The second kappa shape index (κ2) is 8.28. The lowest BCUT2D eigenvalue weighted by Gasteiger charge is -2.30. The van der Waals surface area contributed by atoms with Gasteiger partial charge in [-0.15, -0.1) is 0 Å². The Morgan fingerprint density at radius 3 is 2.44 bits per heavy atom. The summed E-state index contributed by atoms with van der Waals surface area (Å²) in [7, 11) is 0. The maximum absolute atomic E-state index is 13.1. The van der Waals surface area contributed by atoms with E-state index in [1.165, 1.54) is 12.1 Å². The van der Waals surface area contributed by atoms with E-state index in [0.29, 0.717) is 6.04 Å². The van der Waals surface area contributed by atoms with Crippen molar-refractivity contribution in [1.82, 2.24) is 4.90 Å².